The van der Waals surface area contributed by atoms with Gasteiger partial charge in [0.2, 0.25) is 0 Å². The van der Waals surface area contributed by atoms with Crippen molar-refractivity contribution in [2.45, 2.75) is 0 Å². The van der Waals surface area contributed by atoms with Gasteiger partial charge in [-0.2, -0.15) is 0 Å². The Balaban J connectivity index is 1.06. The quantitative estimate of drug-likeness (QED) is 0.158. The van der Waals surface area contributed by atoms with Crippen molar-refractivity contribution in [3.8, 4) is 55.9 Å². The summed E-state index contributed by atoms with van der Waals surface area (Å²) in [4.78, 5) is 0. The number of thiophene rings is 1. The molecule has 0 aliphatic rings. The van der Waals surface area contributed by atoms with Crippen molar-refractivity contribution in [2.24, 2.45) is 0 Å². The molecule has 0 radical (unpaired) electrons. The lowest BCUT2D eigenvalue weighted by atomic mass is 9.91. The van der Waals surface area contributed by atoms with E-state index in [4.69, 9.17) is 0 Å². The number of fused-ring (bicyclic) bond motifs is 9. The van der Waals surface area contributed by atoms with Crippen molar-refractivity contribution in [3.63, 3.8) is 0 Å². The van der Waals surface area contributed by atoms with Gasteiger partial charge >= 0.3 is 0 Å². The van der Waals surface area contributed by atoms with E-state index in [1.165, 1.54) is 114 Å². The molecule has 63 heavy (non-hydrogen) atoms. The summed E-state index contributed by atoms with van der Waals surface area (Å²) in [6, 6.07) is 84.6. The fourth-order valence-electron chi connectivity index (χ4n) is 10.2. The van der Waals surface area contributed by atoms with Crippen LogP contribution in [0.3, 0.4) is 0 Å². The van der Waals surface area contributed by atoms with Crippen molar-refractivity contribution in [1.82, 2.24) is 9.13 Å². The summed E-state index contributed by atoms with van der Waals surface area (Å²) in [5, 5.41) is 7.57. The predicted molar refractivity (Wildman–Crippen MR) is 270 cm³/mol. The molecule has 0 unspecified atom stereocenters. The number of nitrogens with zero attached hydrogens (tertiary/aromatic N) is 2. The van der Waals surface area contributed by atoms with E-state index in [2.05, 4.69) is 240 Å². The summed E-state index contributed by atoms with van der Waals surface area (Å²) in [6.07, 6.45) is 0. The van der Waals surface area contributed by atoms with Crippen LogP contribution in [0.1, 0.15) is 0 Å². The second-order valence-corrected chi connectivity index (χ2v) is 17.5. The van der Waals surface area contributed by atoms with Crippen LogP contribution >= 0.6 is 11.3 Å². The van der Waals surface area contributed by atoms with E-state index in [1.54, 1.807) is 0 Å². The molecule has 0 spiro atoms. The zero-order valence-corrected chi connectivity index (χ0v) is 35.1. The number of benzene rings is 10. The maximum absolute atomic E-state index is 2.52. The van der Waals surface area contributed by atoms with E-state index in [0.29, 0.717) is 0 Å². The molecule has 13 aromatic rings. The largest absolute Gasteiger partial charge is 0.309 e. The molecule has 3 aromatic heterocycles. The smallest absolute Gasteiger partial charge is 0.0641 e. The standard InChI is InChI=1S/C60H38N2S/c1-3-16-39(17-4-1)40-30-33-43(34-31-40)61-53-27-12-10-23-48(53)51-26-15-25-45(59(51)61)42-32-35-49-47-22-9-13-28-54(47)62(56(49)38-42)55-37-36-50(58-52-24-11-14-29-57(52)63-60(55)58)46-21-8-7-20-44(46)41-18-5-2-6-19-41/h1-38H. The van der Waals surface area contributed by atoms with Gasteiger partial charge in [-0.3, -0.25) is 0 Å². The van der Waals surface area contributed by atoms with Crippen LogP contribution in [0.5, 0.6) is 0 Å². The number of rotatable bonds is 6. The van der Waals surface area contributed by atoms with Crippen molar-refractivity contribution < 1.29 is 0 Å². The molecule has 0 bridgehead atoms. The molecule has 3 heterocycles. The van der Waals surface area contributed by atoms with Crippen LogP contribution in [-0.2, 0) is 0 Å². The summed E-state index contributed by atoms with van der Waals surface area (Å²) in [6.45, 7) is 0. The van der Waals surface area contributed by atoms with Crippen molar-refractivity contribution >= 4 is 75.1 Å². The Hall–Kier alpha value is -7.98. The van der Waals surface area contributed by atoms with Gasteiger partial charge in [-0.15, -0.1) is 11.3 Å². The average molecular weight is 819 g/mol. The molecular formula is C60H38N2S. The van der Waals surface area contributed by atoms with E-state index < -0.39 is 0 Å². The lowest BCUT2D eigenvalue weighted by molar-refractivity contribution is 1.18. The van der Waals surface area contributed by atoms with Gasteiger partial charge in [-0.25, -0.2) is 0 Å². The fraction of sp³-hybridized carbons (Fsp3) is 0. The van der Waals surface area contributed by atoms with Gasteiger partial charge in [0.15, 0.2) is 0 Å². The summed E-state index contributed by atoms with van der Waals surface area (Å²) in [7, 11) is 0. The summed E-state index contributed by atoms with van der Waals surface area (Å²) >= 11 is 1.89. The van der Waals surface area contributed by atoms with Gasteiger partial charge in [0, 0.05) is 48.3 Å². The topological polar surface area (TPSA) is 9.86 Å². The first-order chi connectivity index (χ1) is 31.3. The highest BCUT2D eigenvalue weighted by Crippen LogP contribution is 2.47. The Morgan fingerprint density at radius 1 is 0.302 bits per heavy atom. The van der Waals surface area contributed by atoms with Crippen LogP contribution in [0, 0.1) is 0 Å². The van der Waals surface area contributed by atoms with Gasteiger partial charge < -0.3 is 9.13 Å². The highest BCUT2D eigenvalue weighted by molar-refractivity contribution is 7.26. The van der Waals surface area contributed by atoms with Crippen molar-refractivity contribution in [1.29, 1.82) is 0 Å². The molecule has 0 saturated carbocycles. The first-order valence-corrected chi connectivity index (χ1v) is 22.4. The van der Waals surface area contributed by atoms with Crippen molar-refractivity contribution in [3.05, 3.63) is 231 Å². The fourth-order valence-corrected chi connectivity index (χ4v) is 11.4. The molecule has 10 aromatic carbocycles. The summed E-state index contributed by atoms with van der Waals surface area (Å²) in [5.74, 6) is 0. The van der Waals surface area contributed by atoms with Gasteiger partial charge in [-0.05, 0) is 81.4 Å². The minimum Gasteiger partial charge on any atom is -0.309 e. The predicted octanol–water partition coefficient (Wildman–Crippen LogP) is 16.9. The Bertz CT molecular complexity index is 3890. The second kappa shape index (κ2) is 14.3. The highest BCUT2D eigenvalue weighted by atomic mass is 32.1. The Morgan fingerprint density at radius 3 is 1.63 bits per heavy atom. The first-order valence-electron chi connectivity index (χ1n) is 21.6. The zero-order valence-electron chi connectivity index (χ0n) is 34.2. The average Bonchev–Trinajstić information content (AvgIpc) is 4.03. The summed E-state index contributed by atoms with van der Waals surface area (Å²) < 4.78 is 7.56. The third-order valence-corrected chi connectivity index (χ3v) is 14.2. The third-order valence-electron chi connectivity index (χ3n) is 13.0. The van der Waals surface area contributed by atoms with Gasteiger partial charge in [-0.1, -0.05) is 188 Å². The zero-order chi connectivity index (χ0) is 41.4. The SMILES string of the molecule is c1ccc(-c2ccc(-n3c4ccccc4c4cccc(-c5ccc6c7ccccc7n(-c7ccc(-c8ccccc8-c8ccccc8)c8c7sc7ccccc78)c6c5)c43)cc2)cc1. The van der Waals surface area contributed by atoms with Gasteiger partial charge in [0.05, 0.1) is 32.5 Å². The van der Waals surface area contributed by atoms with E-state index in [9.17, 15) is 0 Å². The van der Waals surface area contributed by atoms with E-state index in [0.717, 1.165) is 5.69 Å². The van der Waals surface area contributed by atoms with Crippen LogP contribution in [-0.4, -0.2) is 9.13 Å². The van der Waals surface area contributed by atoms with E-state index in [-0.39, 0.29) is 0 Å². The van der Waals surface area contributed by atoms with Gasteiger partial charge in [0.1, 0.15) is 0 Å². The molecule has 0 amide bonds. The minimum absolute atomic E-state index is 1.14. The molecule has 0 saturated heterocycles. The molecule has 0 fully saturated rings. The molecule has 13 rings (SSSR count). The maximum Gasteiger partial charge on any atom is 0.0641 e. The van der Waals surface area contributed by atoms with Gasteiger partial charge in [0.25, 0.3) is 0 Å². The Morgan fingerprint density at radius 2 is 0.857 bits per heavy atom. The molecule has 294 valence electrons. The van der Waals surface area contributed by atoms with Crippen molar-refractivity contribution in [2.75, 3.05) is 0 Å². The molecule has 0 N–H and O–H groups in total. The minimum atomic E-state index is 1.14. The number of hydrogen-bond acceptors (Lipinski definition) is 1. The Kier molecular flexibility index (Phi) is 8.12. The number of para-hydroxylation sites is 3. The lowest BCUT2D eigenvalue weighted by Crippen LogP contribution is -1.97. The lowest BCUT2D eigenvalue weighted by Gasteiger charge is -2.16. The molecule has 3 heteroatoms. The van der Waals surface area contributed by atoms with Crippen LogP contribution in [0.25, 0.3) is 120 Å². The monoisotopic (exact) mass is 818 g/mol. The molecule has 2 nitrogen and oxygen atoms in total. The molecular weight excluding hydrogens is 781 g/mol. The van der Waals surface area contributed by atoms with E-state index in [1.807, 2.05) is 11.3 Å². The van der Waals surface area contributed by atoms with E-state index >= 15 is 0 Å². The number of hydrogen-bond donors (Lipinski definition) is 0. The summed E-state index contributed by atoms with van der Waals surface area (Å²) in [5.41, 5.74) is 16.9. The molecule has 0 atom stereocenters. The molecule has 0 aliphatic carbocycles. The normalized spacial score (nSPS) is 11.8. The van der Waals surface area contributed by atoms with Crippen LogP contribution in [0.2, 0.25) is 0 Å². The first kappa shape index (κ1) is 35.7. The third kappa shape index (κ3) is 5.57. The highest BCUT2D eigenvalue weighted by Gasteiger charge is 2.22. The Labute approximate surface area is 368 Å². The number of aromatic nitrogens is 2. The van der Waals surface area contributed by atoms with Crippen LogP contribution in [0.15, 0.2) is 231 Å². The molecule has 0 aliphatic heterocycles. The maximum atomic E-state index is 2.52. The second-order valence-electron chi connectivity index (χ2n) is 16.4. The van der Waals surface area contributed by atoms with Crippen LogP contribution in [0.4, 0.5) is 0 Å². The van der Waals surface area contributed by atoms with Crippen LogP contribution < -0.4 is 0 Å².